The average molecular weight is 362 g/mol. The third kappa shape index (κ3) is 8.83. The number of aliphatic hydroxyl groups is 2. The molecule has 4 atom stereocenters. The molecular formula is C13H26N6O6. The highest BCUT2D eigenvalue weighted by atomic mass is 16.4. The smallest absolute Gasteiger partial charge is 0.328 e. The molecule has 0 spiro atoms. The normalized spacial score (nSPS) is 15.4. The van der Waals surface area contributed by atoms with Gasteiger partial charge in [0.1, 0.15) is 12.1 Å². The summed E-state index contributed by atoms with van der Waals surface area (Å²) in [6, 6.07) is -3.96. The Morgan fingerprint density at radius 3 is 2.20 bits per heavy atom. The van der Waals surface area contributed by atoms with Crippen LogP contribution in [-0.2, 0) is 14.4 Å². The van der Waals surface area contributed by atoms with Crippen molar-refractivity contribution < 1.29 is 29.7 Å². The van der Waals surface area contributed by atoms with Crippen LogP contribution < -0.4 is 27.8 Å². The van der Waals surface area contributed by atoms with Crippen LogP contribution in [0.4, 0.5) is 0 Å². The summed E-state index contributed by atoms with van der Waals surface area (Å²) < 4.78 is 0. The van der Waals surface area contributed by atoms with Gasteiger partial charge in [0.25, 0.3) is 0 Å². The van der Waals surface area contributed by atoms with Crippen LogP contribution in [0.2, 0.25) is 0 Å². The second-order valence-corrected chi connectivity index (χ2v) is 5.36. The molecule has 0 saturated heterocycles. The lowest BCUT2D eigenvalue weighted by atomic mass is 10.1. The van der Waals surface area contributed by atoms with Crippen LogP contribution in [0.3, 0.4) is 0 Å². The molecule has 0 fully saturated rings. The van der Waals surface area contributed by atoms with E-state index in [9.17, 15) is 19.5 Å². The highest BCUT2D eigenvalue weighted by Gasteiger charge is 2.30. The minimum atomic E-state index is -1.56. The van der Waals surface area contributed by atoms with Crippen molar-refractivity contribution >= 4 is 23.7 Å². The number of aliphatic imine (C=N–C) groups is 1. The number of amides is 2. The van der Waals surface area contributed by atoms with E-state index < -0.39 is 48.6 Å². The standard InChI is InChI=1S/C13H26N6O6/c1-6(21)9(11(23)18-8(5-20)12(24)25)19-10(22)7(14)3-2-4-17-13(15)16/h6-9,20-21H,2-5,14H2,1H3,(H,18,23)(H,19,22)(H,24,25)(H4,15,16,17)/t6-,7+,8+,9+/m1/s1. The number of carboxylic acid groups (broad SMARTS) is 1. The van der Waals surface area contributed by atoms with Crippen molar-refractivity contribution in [1.29, 1.82) is 0 Å². The van der Waals surface area contributed by atoms with Gasteiger partial charge in [-0.15, -0.1) is 0 Å². The minimum Gasteiger partial charge on any atom is -0.480 e. The molecule has 2 amide bonds. The Morgan fingerprint density at radius 2 is 1.76 bits per heavy atom. The van der Waals surface area contributed by atoms with Crippen molar-refractivity contribution in [3.05, 3.63) is 0 Å². The maximum absolute atomic E-state index is 12.0. The van der Waals surface area contributed by atoms with Crippen LogP contribution in [0.1, 0.15) is 19.8 Å². The quantitative estimate of drug-likeness (QED) is 0.101. The van der Waals surface area contributed by atoms with E-state index in [0.717, 1.165) is 0 Å². The first-order valence-electron chi connectivity index (χ1n) is 7.53. The Kier molecular flexibility index (Phi) is 10.1. The van der Waals surface area contributed by atoms with Gasteiger partial charge in [0, 0.05) is 6.54 Å². The molecule has 12 nitrogen and oxygen atoms in total. The largest absolute Gasteiger partial charge is 0.480 e. The summed E-state index contributed by atoms with van der Waals surface area (Å²) in [6.07, 6.45) is -0.666. The highest BCUT2D eigenvalue weighted by Crippen LogP contribution is 2.00. The maximum atomic E-state index is 12.0. The van der Waals surface area contributed by atoms with Gasteiger partial charge in [-0.05, 0) is 19.8 Å². The lowest BCUT2D eigenvalue weighted by Gasteiger charge is -2.24. The highest BCUT2D eigenvalue weighted by molar-refractivity contribution is 5.92. The molecule has 12 heteroatoms. The van der Waals surface area contributed by atoms with E-state index in [1.165, 1.54) is 6.92 Å². The maximum Gasteiger partial charge on any atom is 0.328 e. The number of carbonyl (C=O) groups excluding carboxylic acids is 2. The topological polar surface area (TPSA) is 226 Å². The molecule has 0 aliphatic heterocycles. The van der Waals surface area contributed by atoms with Crippen molar-refractivity contribution in [2.75, 3.05) is 13.2 Å². The molecule has 0 aromatic carbocycles. The van der Waals surface area contributed by atoms with E-state index in [4.69, 9.17) is 27.4 Å². The Labute approximate surface area is 144 Å². The number of nitrogens with zero attached hydrogens (tertiary/aromatic N) is 1. The van der Waals surface area contributed by atoms with E-state index in [0.29, 0.717) is 6.42 Å². The summed E-state index contributed by atoms with van der Waals surface area (Å²) in [5.74, 6) is -3.21. The van der Waals surface area contributed by atoms with Gasteiger partial charge in [-0.25, -0.2) is 4.79 Å². The van der Waals surface area contributed by atoms with Crippen LogP contribution in [0.5, 0.6) is 0 Å². The molecule has 0 rings (SSSR count). The number of aliphatic hydroxyl groups excluding tert-OH is 2. The van der Waals surface area contributed by atoms with Crippen molar-refractivity contribution in [3.63, 3.8) is 0 Å². The van der Waals surface area contributed by atoms with Crippen molar-refractivity contribution in [2.24, 2.45) is 22.2 Å². The monoisotopic (exact) mass is 362 g/mol. The van der Waals surface area contributed by atoms with Gasteiger partial charge in [0.2, 0.25) is 11.8 Å². The fourth-order valence-corrected chi connectivity index (χ4v) is 1.76. The van der Waals surface area contributed by atoms with Crippen molar-refractivity contribution in [2.45, 2.75) is 44.0 Å². The molecule has 144 valence electrons. The lowest BCUT2D eigenvalue weighted by molar-refractivity contribution is -0.144. The van der Waals surface area contributed by atoms with Crippen LogP contribution in [0, 0.1) is 0 Å². The van der Waals surface area contributed by atoms with Gasteiger partial charge < -0.3 is 43.2 Å². The number of aliphatic carboxylic acids is 1. The van der Waals surface area contributed by atoms with Gasteiger partial charge in [-0.3, -0.25) is 14.6 Å². The molecule has 0 aliphatic carbocycles. The first-order chi connectivity index (χ1) is 11.6. The SMILES string of the molecule is C[C@@H](O)[C@H](NC(=O)[C@@H](N)CCCN=C(N)N)C(=O)N[C@@H](CO)C(=O)O. The number of hydrogen-bond donors (Lipinski definition) is 8. The third-order valence-electron chi connectivity index (χ3n) is 3.16. The molecule has 0 saturated carbocycles. The molecule has 0 aromatic heterocycles. The van der Waals surface area contributed by atoms with Crippen LogP contribution in [-0.4, -0.2) is 76.4 Å². The van der Waals surface area contributed by atoms with E-state index in [-0.39, 0.29) is 18.9 Å². The van der Waals surface area contributed by atoms with E-state index in [1.807, 2.05) is 5.32 Å². The molecule has 11 N–H and O–H groups in total. The Hall–Kier alpha value is -2.44. The summed E-state index contributed by atoms with van der Waals surface area (Å²) in [6.45, 7) is 0.676. The number of rotatable bonds is 11. The zero-order chi connectivity index (χ0) is 19.6. The molecule has 0 radical (unpaired) electrons. The van der Waals surface area contributed by atoms with E-state index in [1.54, 1.807) is 0 Å². The Morgan fingerprint density at radius 1 is 1.16 bits per heavy atom. The van der Waals surface area contributed by atoms with Crippen LogP contribution in [0.25, 0.3) is 0 Å². The molecule has 0 bridgehead atoms. The van der Waals surface area contributed by atoms with Crippen LogP contribution in [0.15, 0.2) is 4.99 Å². The van der Waals surface area contributed by atoms with Crippen molar-refractivity contribution in [3.8, 4) is 0 Å². The molecule has 0 aliphatic rings. The summed E-state index contributed by atoms with van der Waals surface area (Å²) in [4.78, 5) is 38.6. The first-order valence-corrected chi connectivity index (χ1v) is 7.53. The average Bonchev–Trinajstić information content (AvgIpc) is 2.52. The summed E-state index contributed by atoms with van der Waals surface area (Å²) in [5, 5.41) is 31.6. The number of hydrogen-bond acceptors (Lipinski definition) is 7. The molecule has 0 heterocycles. The summed E-state index contributed by atoms with van der Waals surface area (Å²) >= 11 is 0. The van der Waals surface area contributed by atoms with Gasteiger partial charge in [-0.1, -0.05) is 0 Å². The van der Waals surface area contributed by atoms with Crippen molar-refractivity contribution in [1.82, 2.24) is 10.6 Å². The number of nitrogens with one attached hydrogen (secondary N) is 2. The third-order valence-corrected chi connectivity index (χ3v) is 3.16. The molecular weight excluding hydrogens is 336 g/mol. The molecule has 0 unspecified atom stereocenters. The Bertz CT molecular complexity index is 493. The number of carbonyl (C=O) groups is 3. The zero-order valence-electron chi connectivity index (χ0n) is 13.9. The zero-order valence-corrected chi connectivity index (χ0v) is 13.9. The summed E-state index contributed by atoms with van der Waals surface area (Å²) in [5.41, 5.74) is 16.0. The number of guanidine groups is 1. The number of nitrogens with two attached hydrogens (primary N) is 3. The molecule has 25 heavy (non-hydrogen) atoms. The van der Waals surface area contributed by atoms with Gasteiger partial charge in [0.15, 0.2) is 5.96 Å². The van der Waals surface area contributed by atoms with E-state index >= 15 is 0 Å². The number of carboxylic acids is 1. The first kappa shape index (κ1) is 22.6. The Balaban J connectivity index is 4.68. The van der Waals surface area contributed by atoms with Gasteiger partial charge in [0.05, 0.1) is 18.8 Å². The summed E-state index contributed by atoms with van der Waals surface area (Å²) in [7, 11) is 0. The second kappa shape index (κ2) is 11.2. The van der Waals surface area contributed by atoms with Crippen LogP contribution >= 0.6 is 0 Å². The molecule has 0 aromatic rings. The van der Waals surface area contributed by atoms with Gasteiger partial charge in [-0.2, -0.15) is 0 Å². The predicted octanol–water partition coefficient (Wildman–Crippen LogP) is -4.21. The fourth-order valence-electron chi connectivity index (χ4n) is 1.76. The fraction of sp³-hybridized carbons (Fsp3) is 0.692. The minimum absolute atomic E-state index is 0.0827. The second-order valence-electron chi connectivity index (χ2n) is 5.36. The van der Waals surface area contributed by atoms with Gasteiger partial charge >= 0.3 is 5.97 Å². The lowest BCUT2D eigenvalue weighted by Crippen LogP contribution is -2.58. The predicted molar refractivity (Wildman–Crippen MR) is 88.2 cm³/mol. The van der Waals surface area contributed by atoms with E-state index in [2.05, 4.69) is 10.3 Å².